The number of hydrogen-bond donors (Lipinski definition) is 3. The van der Waals surface area contributed by atoms with Gasteiger partial charge < -0.3 is 20.5 Å². The number of carbonyl (C=O) groups excluding carboxylic acids is 2. The van der Waals surface area contributed by atoms with E-state index in [0.29, 0.717) is 5.69 Å². The summed E-state index contributed by atoms with van der Waals surface area (Å²) in [5.74, 6) is -3.56. The van der Waals surface area contributed by atoms with Crippen LogP contribution in [0.5, 0.6) is 0 Å². The van der Waals surface area contributed by atoms with Crippen LogP contribution in [0.3, 0.4) is 0 Å². The molecule has 0 fully saturated rings. The van der Waals surface area contributed by atoms with Crippen LogP contribution < -0.4 is 10.6 Å². The number of para-hydroxylation sites is 1. The predicted octanol–water partition coefficient (Wildman–Crippen LogP) is 2.55. The maximum absolute atomic E-state index is 13.2. The van der Waals surface area contributed by atoms with Gasteiger partial charge in [0, 0.05) is 24.0 Å². The zero-order valence-corrected chi connectivity index (χ0v) is 14.0. The average molecular weight is 364 g/mol. The van der Waals surface area contributed by atoms with Gasteiger partial charge in [-0.25, -0.2) is 13.6 Å². The van der Waals surface area contributed by atoms with Gasteiger partial charge in [0.25, 0.3) is 5.91 Å². The highest BCUT2D eigenvalue weighted by atomic mass is 19.2. The molecule has 1 amide bonds. The van der Waals surface area contributed by atoms with Gasteiger partial charge in [0.15, 0.2) is 17.7 Å². The van der Waals surface area contributed by atoms with E-state index in [1.807, 2.05) is 0 Å². The predicted molar refractivity (Wildman–Crippen MR) is 91.9 cm³/mol. The number of esters is 1. The van der Waals surface area contributed by atoms with Gasteiger partial charge in [-0.3, -0.25) is 4.79 Å². The highest BCUT2D eigenvalue weighted by molar-refractivity contribution is 5.99. The highest BCUT2D eigenvalue weighted by Crippen LogP contribution is 2.18. The average Bonchev–Trinajstić information content (AvgIpc) is 2.63. The van der Waals surface area contributed by atoms with Gasteiger partial charge in [-0.15, -0.1) is 0 Å². The molecule has 2 rings (SSSR count). The lowest BCUT2D eigenvalue weighted by Crippen LogP contribution is -2.30. The Morgan fingerprint density at radius 1 is 1.15 bits per heavy atom. The summed E-state index contributed by atoms with van der Waals surface area (Å²) in [6, 6.07) is 9.39. The monoisotopic (exact) mass is 364 g/mol. The number of halogens is 2. The molecule has 0 aromatic heterocycles. The van der Waals surface area contributed by atoms with Crippen molar-refractivity contribution < 1.29 is 28.2 Å². The molecule has 0 saturated heterocycles. The molecule has 0 bridgehead atoms. The lowest BCUT2D eigenvalue weighted by atomic mass is 10.1. The number of aliphatic hydroxyl groups excluding tert-OH is 1. The Labute approximate surface area is 148 Å². The lowest BCUT2D eigenvalue weighted by Gasteiger charge is -2.15. The Balaban J connectivity index is 2.02. The topological polar surface area (TPSA) is 87.7 Å². The molecule has 0 aliphatic heterocycles. The first-order valence-electron chi connectivity index (χ1n) is 7.83. The summed E-state index contributed by atoms with van der Waals surface area (Å²) in [6.07, 6.45) is -1.17. The summed E-state index contributed by atoms with van der Waals surface area (Å²) in [5, 5.41) is 14.1. The van der Waals surface area contributed by atoms with E-state index in [0.717, 1.165) is 12.1 Å². The number of amides is 1. The van der Waals surface area contributed by atoms with Crippen molar-refractivity contribution in [2.75, 3.05) is 23.8 Å². The number of ether oxygens (including phenoxy) is 1. The molecule has 0 heterocycles. The maximum Gasteiger partial charge on any atom is 0.341 e. The van der Waals surface area contributed by atoms with E-state index in [9.17, 15) is 18.4 Å². The Bertz CT molecular complexity index is 799. The minimum absolute atomic E-state index is 0.0433. The van der Waals surface area contributed by atoms with Crippen LogP contribution in [0.15, 0.2) is 42.5 Å². The molecule has 0 spiro atoms. The van der Waals surface area contributed by atoms with Crippen molar-refractivity contribution in [1.29, 1.82) is 0 Å². The second-order valence-electron chi connectivity index (χ2n) is 5.36. The van der Waals surface area contributed by atoms with Crippen molar-refractivity contribution in [3.63, 3.8) is 0 Å². The van der Waals surface area contributed by atoms with E-state index in [2.05, 4.69) is 10.6 Å². The molecule has 0 aliphatic carbocycles. The molecule has 0 aliphatic rings. The number of hydrogen-bond acceptors (Lipinski definition) is 5. The Hall–Kier alpha value is -3.00. The number of rotatable bonds is 7. The molecule has 138 valence electrons. The summed E-state index contributed by atoms with van der Waals surface area (Å²) in [5.41, 5.74) is 0.704. The third-order valence-electron chi connectivity index (χ3n) is 3.41. The minimum Gasteiger partial charge on any atom is -0.449 e. The van der Waals surface area contributed by atoms with Crippen molar-refractivity contribution in [2.24, 2.45) is 0 Å². The standard InChI is InChI=1S/C18H18F2N2O4/c1-11(17(24)22-12-6-7-14(19)15(20)10-12)26-18(25)13-4-2-3-5-16(13)21-8-9-23/h2-7,10-11,21,23H,8-9H2,1H3,(H,22,24)/t11-/m1/s1. The van der Waals surface area contributed by atoms with Crippen molar-refractivity contribution >= 4 is 23.3 Å². The minimum atomic E-state index is -1.17. The Morgan fingerprint density at radius 2 is 1.88 bits per heavy atom. The van der Waals surface area contributed by atoms with Crippen LogP contribution in [0.2, 0.25) is 0 Å². The molecule has 2 aromatic carbocycles. The van der Waals surface area contributed by atoms with Crippen LogP contribution in [0.4, 0.5) is 20.2 Å². The summed E-state index contributed by atoms with van der Waals surface area (Å²) >= 11 is 0. The first kappa shape index (κ1) is 19.3. The fraction of sp³-hybridized carbons (Fsp3) is 0.222. The first-order valence-corrected chi connectivity index (χ1v) is 7.83. The number of carbonyl (C=O) groups is 2. The Morgan fingerprint density at radius 3 is 2.58 bits per heavy atom. The van der Waals surface area contributed by atoms with Gasteiger partial charge in [-0.1, -0.05) is 12.1 Å². The Kier molecular flexibility index (Phi) is 6.62. The van der Waals surface area contributed by atoms with Crippen molar-refractivity contribution in [3.8, 4) is 0 Å². The van der Waals surface area contributed by atoms with Crippen molar-refractivity contribution in [2.45, 2.75) is 13.0 Å². The summed E-state index contributed by atoms with van der Waals surface area (Å²) in [4.78, 5) is 24.4. The second-order valence-corrected chi connectivity index (χ2v) is 5.36. The first-order chi connectivity index (χ1) is 12.4. The van der Waals surface area contributed by atoms with Crippen LogP contribution in [0, 0.1) is 11.6 Å². The lowest BCUT2D eigenvalue weighted by molar-refractivity contribution is -0.123. The van der Waals surface area contributed by atoms with E-state index in [1.165, 1.54) is 19.1 Å². The maximum atomic E-state index is 13.2. The third kappa shape index (κ3) is 5.00. The molecule has 8 heteroatoms. The summed E-state index contributed by atoms with van der Waals surface area (Å²) in [6.45, 7) is 1.49. The smallest absolute Gasteiger partial charge is 0.341 e. The van der Waals surface area contributed by atoms with Gasteiger partial charge >= 0.3 is 5.97 Å². The van der Waals surface area contributed by atoms with E-state index < -0.39 is 29.6 Å². The van der Waals surface area contributed by atoms with Gasteiger partial charge in [-0.05, 0) is 31.2 Å². The van der Waals surface area contributed by atoms with Gasteiger partial charge in [-0.2, -0.15) is 0 Å². The fourth-order valence-corrected chi connectivity index (χ4v) is 2.10. The van der Waals surface area contributed by atoms with Crippen molar-refractivity contribution in [3.05, 3.63) is 59.7 Å². The fourth-order valence-electron chi connectivity index (χ4n) is 2.10. The molecule has 0 radical (unpaired) electrons. The normalized spacial score (nSPS) is 11.5. The second kappa shape index (κ2) is 8.91. The number of anilines is 2. The van der Waals surface area contributed by atoms with Crippen molar-refractivity contribution in [1.82, 2.24) is 0 Å². The molecule has 3 N–H and O–H groups in total. The third-order valence-corrected chi connectivity index (χ3v) is 3.41. The SMILES string of the molecule is C[C@@H](OC(=O)c1ccccc1NCCO)C(=O)Nc1ccc(F)c(F)c1. The van der Waals surface area contributed by atoms with Crippen LogP contribution >= 0.6 is 0 Å². The van der Waals surface area contributed by atoms with E-state index >= 15 is 0 Å². The summed E-state index contributed by atoms with van der Waals surface area (Å²) in [7, 11) is 0. The van der Waals surface area contributed by atoms with Gasteiger partial charge in [0.2, 0.25) is 0 Å². The zero-order chi connectivity index (χ0) is 19.1. The molecule has 26 heavy (non-hydrogen) atoms. The molecule has 2 aromatic rings. The van der Waals surface area contributed by atoms with E-state index in [4.69, 9.17) is 9.84 Å². The zero-order valence-electron chi connectivity index (χ0n) is 14.0. The van der Waals surface area contributed by atoms with Crippen LogP contribution in [-0.4, -0.2) is 36.2 Å². The molecule has 1 atom stereocenters. The van der Waals surface area contributed by atoms with Gasteiger partial charge in [0.05, 0.1) is 12.2 Å². The summed E-state index contributed by atoms with van der Waals surface area (Å²) < 4.78 is 31.2. The molecule has 0 saturated carbocycles. The number of nitrogens with one attached hydrogen (secondary N) is 2. The van der Waals surface area contributed by atoms with Crippen LogP contribution in [0.25, 0.3) is 0 Å². The number of aliphatic hydroxyl groups is 1. The van der Waals surface area contributed by atoms with Crippen LogP contribution in [0.1, 0.15) is 17.3 Å². The highest BCUT2D eigenvalue weighted by Gasteiger charge is 2.21. The largest absolute Gasteiger partial charge is 0.449 e. The van der Waals surface area contributed by atoms with E-state index in [1.54, 1.807) is 18.2 Å². The van der Waals surface area contributed by atoms with E-state index in [-0.39, 0.29) is 24.4 Å². The van der Waals surface area contributed by atoms with Crippen LogP contribution in [-0.2, 0) is 9.53 Å². The molecular weight excluding hydrogens is 346 g/mol. The van der Waals surface area contributed by atoms with Gasteiger partial charge in [0.1, 0.15) is 0 Å². The quantitative estimate of drug-likeness (QED) is 0.657. The number of benzene rings is 2. The molecule has 0 unspecified atom stereocenters. The molecule has 6 nitrogen and oxygen atoms in total. The molecular formula is C18H18F2N2O4.